The smallest absolute Gasteiger partial charge is 0.244 e. The highest BCUT2D eigenvalue weighted by atomic mass is 16.2. The average Bonchev–Trinajstić information content (AvgIpc) is 2.28. The maximum atomic E-state index is 11.7. The van der Waals surface area contributed by atoms with E-state index in [0.29, 0.717) is 5.82 Å². The van der Waals surface area contributed by atoms with Crippen molar-refractivity contribution in [2.24, 2.45) is 0 Å². The van der Waals surface area contributed by atoms with Crippen LogP contribution in [0.1, 0.15) is 13.8 Å². The molecule has 1 aromatic rings. The highest BCUT2D eigenvalue weighted by Crippen LogP contribution is 2.09. The molecule has 1 rings (SSSR count). The number of carbonyl (C=O) groups excluding carboxylic acids is 1. The first kappa shape index (κ1) is 13.2. The van der Waals surface area contributed by atoms with Crippen LogP contribution in [0.2, 0.25) is 0 Å². The van der Waals surface area contributed by atoms with Crippen molar-refractivity contribution in [1.82, 2.24) is 14.9 Å². The van der Waals surface area contributed by atoms with Gasteiger partial charge in [0.05, 0.1) is 0 Å². The van der Waals surface area contributed by atoms with Gasteiger partial charge in [-0.3, -0.25) is 4.79 Å². The molecule has 0 spiro atoms. The molecule has 1 unspecified atom stereocenters. The van der Waals surface area contributed by atoms with Crippen LogP contribution in [-0.4, -0.2) is 47.5 Å². The van der Waals surface area contributed by atoms with E-state index in [4.69, 9.17) is 0 Å². The number of anilines is 2. The Labute approximate surface area is 101 Å². The Morgan fingerprint density at radius 3 is 2.65 bits per heavy atom. The first-order chi connectivity index (χ1) is 8.04. The maximum absolute atomic E-state index is 11.7. The molecule has 0 saturated heterocycles. The van der Waals surface area contributed by atoms with E-state index in [1.807, 2.05) is 6.92 Å². The predicted octanol–water partition coefficient (Wildman–Crippen LogP) is 0.797. The van der Waals surface area contributed by atoms with E-state index in [1.165, 1.54) is 6.33 Å². The van der Waals surface area contributed by atoms with Gasteiger partial charge >= 0.3 is 0 Å². The quantitative estimate of drug-likeness (QED) is 0.792. The molecule has 0 radical (unpaired) electrons. The summed E-state index contributed by atoms with van der Waals surface area (Å²) >= 11 is 0. The van der Waals surface area contributed by atoms with Gasteiger partial charge in [0.15, 0.2) is 0 Å². The first-order valence-corrected chi connectivity index (χ1v) is 5.58. The van der Waals surface area contributed by atoms with Crippen LogP contribution in [0.5, 0.6) is 0 Å². The van der Waals surface area contributed by atoms with Crippen LogP contribution in [0.15, 0.2) is 12.4 Å². The van der Waals surface area contributed by atoms with E-state index >= 15 is 0 Å². The van der Waals surface area contributed by atoms with E-state index in [1.54, 1.807) is 32.0 Å². The summed E-state index contributed by atoms with van der Waals surface area (Å²) in [5.41, 5.74) is 0. The summed E-state index contributed by atoms with van der Waals surface area (Å²) in [6.07, 6.45) is 1.47. The minimum Gasteiger partial charge on any atom is -0.370 e. The second kappa shape index (κ2) is 6.03. The molecule has 6 nitrogen and oxygen atoms in total. The zero-order valence-electron chi connectivity index (χ0n) is 10.7. The number of nitrogens with zero attached hydrogens (tertiary/aromatic N) is 3. The van der Waals surface area contributed by atoms with Gasteiger partial charge in [-0.15, -0.1) is 0 Å². The fraction of sp³-hybridized carbons (Fsp3) is 0.545. The van der Waals surface area contributed by atoms with Crippen LogP contribution in [0, 0.1) is 0 Å². The van der Waals surface area contributed by atoms with Crippen LogP contribution >= 0.6 is 0 Å². The van der Waals surface area contributed by atoms with Gasteiger partial charge in [-0.25, -0.2) is 9.97 Å². The normalized spacial score (nSPS) is 11.8. The molecule has 0 aliphatic carbocycles. The summed E-state index contributed by atoms with van der Waals surface area (Å²) in [4.78, 5) is 21.3. The van der Waals surface area contributed by atoms with E-state index in [-0.39, 0.29) is 11.9 Å². The van der Waals surface area contributed by atoms with Crippen molar-refractivity contribution >= 4 is 17.5 Å². The van der Waals surface area contributed by atoms with Gasteiger partial charge in [-0.1, -0.05) is 0 Å². The molecule has 0 aliphatic heterocycles. The lowest BCUT2D eigenvalue weighted by Crippen LogP contribution is -2.36. The summed E-state index contributed by atoms with van der Waals surface area (Å²) in [5.74, 6) is 1.39. The van der Waals surface area contributed by atoms with E-state index in [2.05, 4.69) is 20.6 Å². The standard InChI is InChI=1S/C11H19N5O/c1-5-12-9-6-10(14-7-13-9)15-8(2)11(17)16(3)4/h6-8H,5H2,1-4H3,(H2,12,13,14,15). The lowest BCUT2D eigenvalue weighted by atomic mass is 10.3. The molecule has 0 fully saturated rings. The molecule has 0 bridgehead atoms. The minimum atomic E-state index is -0.311. The Bertz CT molecular complexity index is 380. The number of hydrogen-bond acceptors (Lipinski definition) is 5. The molecule has 17 heavy (non-hydrogen) atoms. The zero-order chi connectivity index (χ0) is 12.8. The number of rotatable bonds is 5. The van der Waals surface area contributed by atoms with Crippen molar-refractivity contribution in [2.75, 3.05) is 31.3 Å². The maximum Gasteiger partial charge on any atom is 0.244 e. The van der Waals surface area contributed by atoms with Crippen LogP contribution in [0.3, 0.4) is 0 Å². The number of likely N-dealkylation sites (N-methyl/N-ethyl adjacent to an activating group) is 1. The molecule has 1 heterocycles. The monoisotopic (exact) mass is 237 g/mol. The third-order valence-electron chi connectivity index (χ3n) is 2.20. The van der Waals surface area contributed by atoms with Gasteiger partial charge in [0.2, 0.25) is 5.91 Å². The third-order valence-corrected chi connectivity index (χ3v) is 2.20. The summed E-state index contributed by atoms with van der Waals surface area (Å²) in [5, 5.41) is 6.13. The van der Waals surface area contributed by atoms with Gasteiger partial charge in [0.1, 0.15) is 24.0 Å². The van der Waals surface area contributed by atoms with Gasteiger partial charge in [-0.2, -0.15) is 0 Å². The molecule has 0 aliphatic rings. The largest absolute Gasteiger partial charge is 0.370 e. The summed E-state index contributed by atoms with van der Waals surface area (Å²) in [6.45, 7) is 4.59. The van der Waals surface area contributed by atoms with E-state index in [0.717, 1.165) is 12.4 Å². The third kappa shape index (κ3) is 3.90. The van der Waals surface area contributed by atoms with Crippen LogP contribution < -0.4 is 10.6 Å². The highest BCUT2D eigenvalue weighted by molar-refractivity contribution is 5.83. The molecular formula is C11H19N5O. The number of nitrogens with one attached hydrogen (secondary N) is 2. The summed E-state index contributed by atoms with van der Waals surface area (Å²) < 4.78 is 0. The van der Waals surface area contributed by atoms with Crippen molar-refractivity contribution in [3.05, 3.63) is 12.4 Å². The van der Waals surface area contributed by atoms with Gasteiger partial charge in [0.25, 0.3) is 0 Å². The Kier molecular flexibility index (Phi) is 4.68. The molecule has 94 valence electrons. The van der Waals surface area contributed by atoms with Crippen LogP contribution in [-0.2, 0) is 4.79 Å². The van der Waals surface area contributed by atoms with E-state index < -0.39 is 0 Å². The molecule has 0 aromatic carbocycles. The Morgan fingerprint density at radius 1 is 1.41 bits per heavy atom. The number of aromatic nitrogens is 2. The second-order valence-corrected chi connectivity index (χ2v) is 3.92. The fourth-order valence-electron chi connectivity index (χ4n) is 1.38. The van der Waals surface area contributed by atoms with Crippen LogP contribution in [0.4, 0.5) is 11.6 Å². The molecule has 1 aromatic heterocycles. The Balaban J connectivity index is 2.68. The SMILES string of the molecule is CCNc1cc(NC(C)C(=O)N(C)C)ncn1. The second-order valence-electron chi connectivity index (χ2n) is 3.92. The molecule has 1 amide bonds. The molecule has 1 atom stereocenters. The summed E-state index contributed by atoms with van der Waals surface area (Å²) in [6, 6.07) is 1.47. The van der Waals surface area contributed by atoms with Crippen molar-refractivity contribution in [1.29, 1.82) is 0 Å². The van der Waals surface area contributed by atoms with Gasteiger partial charge < -0.3 is 15.5 Å². The van der Waals surface area contributed by atoms with Crippen molar-refractivity contribution in [2.45, 2.75) is 19.9 Å². The van der Waals surface area contributed by atoms with Gasteiger partial charge in [-0.05, 0) is 13.8 Å². The first-order valence-electron chi connectivity index (χ1n) is 5.58. The fourth-order valence-corrected chi connectivity index (χ4v) is 1.38. The predicted molar refractivity (Wildman–Crippen MR) is 68.0 cm³/mol. The summed E-state index contributed by atoms with van der Waals surface area (Å²) in [7, 11) is 3.45. The molecule has 2 N–H and O–H groups in total. The highest BCUT2D eigenvalue weighted by Gasteiger charge is 2.14. The zero-order valence-corrected chi connectivity index (χ0v) is 10.7. The molecule has 0 saturated carbocycles. The number of hydrogen-bond donors (Lipinski definition) is 2. The molecule has 6 heteroatoms. The topological polar surface area (TPSA) is 70.2 Å². The van der Waals surface area contributed by atoms with Crippen molar-refractivity contribution < 1.29 is 4.79 Å². The van der Waals surface area contributed by atoms with E-state index in [9.17, 15) is 4.79 Å². The van der Waals surface area contributed by atoms with Gasteiger partial charge in [0, 0.05) is 26.7 Å². The Morgan fingerprint density at radius 2 is 2.06 bits per heavy atom. The van der Waals surface area contributed by atoms with Crippen molar-refractivity contribution in [3.8, 4) is 0 Å². The van der Waals surface area contributed by atoms with Crippen molar-refractivity contribution in [3.63, 3.8) is 0 Å². The lowest BCUT2D eigenvalue weighted by Gasteiger charge is -2.18. The lowest BCUT2D eigenvalue weighted by molar-refractivity contribution is -0.129. The number of carbonyl (C=O) groups is 1. The van der Waals surface area contributed by atoms with Crippen LogP contribution in [0.25, 0.3) is 0 Å². The Hall–Kier alpha value is -1.85. The average molecular weight is 237 g/mol. The number of amides is 1. The molecular weight excluding hydrogens is 218 g/mol. The minimum absolute atomic E-state index is 0.00797.